The molecule has 0 unspecified atom stereocenters. The van der Waals surface area contributed by atoms with E-state index in [4.69, 9.17) is 14.2 Å². The number of halogens is 1. The Hall–Kier alpha value is -3.16. The largest absolute Gasteiger partial charge is 0.497 e. The second-order valence-electron chi connectivity index (χ2n) is 12.4. The van der Waals surface area contributed by atoms with Crippen LogP contribution in [0.25, 0.3) is 0 Å². The number of amides is 2. The van der Waals surface area contributed by atoms with Crippen LogP contribution < -0.4 is 19.5 Å². The summed E-state index contributed by atoms with van der Waals surface area (Å²) in [4.78, 5) is 40.5. The van der Waals surface area contributed by atoms with Gasteiger partial charge < -0.3 is 34.6 Å². The quantitative estimate of drug-likeness (QED) is 0.0749. The van der Waals surface area contributed by atoms with Crippen molar-refractivity contribution >= 4 is 40.7 Å². The lowest BCUT2D eigenvalue weighted by molar-refractivity contribution is -0.138. The van der Waals surface area contributed by atoms with E-state index in [1.165, 1.54) is 39.2 Å². The summed E-state index contributed by atoms with van der Waals surface area (Å²) in [5.74, 6) is 0.837. The minimum atomic E-state index is -1.18. The maximum atomic E-state index is 14.0. The molecule has 270 valence electrons. The van der Waals surface area contributed by atoms with E-state index in [1.807, 2.05) is 46.9 Å². The molecule has 3 rings (SSSR count). The summed E-state index contributed by atoms with van der Waals surface area (Å²) in [6.07, 6.45) is 11.2. The number of nitrogens with zero attached hydrogens (tertiary/aromatic N) is 1. The van der Waals surface area contributed by atoms with Gasteiger partial charge in [0, 0.05) is 37.1 Å². The monoisotopic (exact) mass is 792 g/mol. The van der Waals surface area contributed by atoms with Gasteiger partial charge in [-0.25, -0.2) is 0 Å². The van der Waals surface area contributed by atoms with E-state index >= 15 is 0 Å². The Morgan fingerprint density at radius 2 is 1.73 bits per heavy atom. The topological polar surface area (TPSA) is 135 Å². The van der Waals surface area contributed by atoms with Crippen molar-refractivity contribution in [3.63, 3.8) is 0 Å². The highest BCUT2D eigenvalue weighted by atomic mass is 127. The Kier molecular flexibility index (Phi) is 17.9. The van der Waals surface area contributed by atoms with Crippen molar-refractivity contribution < 1.29 is 38.8 Å². The maximum Gasteiger partial charge on any atom is 0.247 e. The molecule has 0 aliphatic heterocycles. The Bertz CT molecular complexity index is 1380. The summed E-state index contributed by atoms with van der Waals surface area (Å²) >= 11 is 2.04. The lowest BCUT2D eigenvalue weighted by Gasteiger charge is -2.41. The van der Waals surface area contributed by atoms with Crippen LogP contribution in [0.15, 0.2) is 48.0 Å². The Labute approximate surface area is 304 Å². The van der Waals surface area contributed by atoms with E-state index in [-0.39, 0.29) is 25.5 Å². The number of unbranched alkanes of at least 4 members (excludes halogenated alkanes) is 8. The highest BCUT2D eigenvalue weighted by molar-refractivity contribution is 14.1. The Balaban J connectivity index is 1.87. The summed E-state index contributed by atoms with van der Waals surface area (Å²) in [6.45, 7) is 2.36. The highest BCUT2D eigenvalue weighted by Gasteiger charge is 2.40. The number of rotatable bonds is 22. The van der Waals surface area contributed by atoms with Crippen LogP contribution in [0.1, 0.15) is 93.5 Å². The number of hydrogen-bond acceptors (Lipinski definition) is 8. The number of nitrogens with one attached hydrogen (secondary N) is 1. The molecule has 0 fully saturated rings. The molecule has 0 saturated heterocycles. The smallest absolute Gasteiger partial charge is 0.247 e. The Morgan fingerprint density at radius 3 is 2.39 bits per heavy atom. The van der Waals surface area contributed by atoms with Gasteiger partial charge in [-0.15, -0.1) is 0 Å². The molecule has 0 saturated carbocycles. The van der Waals surface area contributed by atoms with Crippen molar-refractivity contribution in [2.45, 2.75) is 102 Å². The van der Waals surface area contributed by atoms with Crippen molar-refractivity contribution in [2.24, 2.45) is 0 Å². The number of hydrogen-bond donors (Lipinski definition) is 3. The molecule has 0 bridgehead atoms. The molecule has 2 aromatic rings. The average Bonchev–Trinajstić information content (AvgIpc) is 3.11. The SMILES string of the molecule is CCCCCCCCCCCC(=O)N(CCc1cccc(OC)c1)[C@@H]1CC(C(=O)NCCO)=C[C@H](Oc2c(I)cc(C=O)cc2OC)[C@H]1O. The van der Waals surface area contributed by atoms with Gasteiger partial charge in [-0.1, -0.05) is 70.4 Å². The molecule has 0 radical (unpaired) electrons. The summed E-state index contributed by atoms with van der Waals surface area (Å²) in [5, 5.41) is 23.9. The first kappa shape index (κ1) is 40.3. The fraction of sp³-hybridized carbons (Fsp3) is 0.553. The third kappa shape index (κ3) is 12.6. The number of aldehydes is 1. The van der Waals surface area contributed by atoms with Gasteiger partial charge in [-0.2, -0.15) is 0 Å². The van der Waals surface area contributed by atoms with E-state index < -0.39 is 24.2 Å². The molecule has 11 heteroatoms. The summed E-state index contributed by atoms with van der Waals surface area (Å²) in [6, 6.07) is 10.1. The zero-order chi connectivity index (χ0) is 35.6. The first-order chi connectivity index (χ1) is 23.8. The van der Waals surface area contributed by atoms with Crippen LogP contribution in [-0.4, -0.2) is 85.4 Å². The zero-order valence-corrected chi connectivity index (χ0v) is 31.3. The lowest BCUT2D eigenvalue weighted by atomic mass is 9.87. The third-order valence-corrected chi connectivity index (χ3v) is 9.65. The van der Waals surface area contributed by atoms with Gasteiger partial charge in [0.2, 0.25) is 11.8 Å². The van der Waals surface area contributed by atoms with Crippen LogP contribution >= 0.6 is 22.6 Å². The third-order valence-electron chi connectivity index (χ3n) is 8.85. The number of carbonyl (C=O) groups excluding carboxylic acids is 3. The molecular weight excluding hydrogens is 739 g/mol. The molecule has 2 aromatic carbocycles. The molecule has 49 heavy (non-hydrogen) atoms. The molecule has 0 spiro atoms. The molecule has 2 amide bonds. The van der Waals surface area contributed by atoms with Crippen molar-refractivity contribution in [1.29, 1.82) is 0 Å². The molecule has 1 aliphatic carbocycles. The Morgan fingerprint density at radius 1 is 1.02 bits per heavy atom. The van der Waals surface area contributed by atoms with Gasteiger partial charge in [0.15, 0.2) is 11.5 Å². The van der Waals surface area contributed by atoms with Crippen molar-refractivity contribution in [3.8, 4) is 17.2 Å². The van der Waals surface area contributed by atoms with Crippen molar-refractivity contribution in [2.75, 3.05) is 33.9 Å². The number of aliphatic hydroxyl groups excluding tert-OH is 2. The first-order valence-corrected chi connectivity index (χ1v) is 18.5. The van der Waals surface area contributed by atoms with Gasteiger partial charge in [-0.3, -0.25) is 14.4 Å². The van der Waals surface area contributed by atoms with Crippen molar-refractivity contribution in [3.05, 3.63) is 62.7 Å². The lowest BCUT2D eigenvalue weighted by Crippen LogP contribution is -2.55. The summed E-state index contributed by atoms with van der Waals surface area (Å²) in [7, 11) is 3.07. The number of carbonyl (C=O) groups is 3. The molecule has 3 N–H and O–H groups in total. The minimum absolute atomic E-state index is 0.0604. The minimum Gasteiger partial charge on any atom is -0.497 e. The number of benzene rings is 2. The van der Waals surface area contributed by atoms with Gasteiger partial charge in [0.05, 0.1) is 30.4 Å². The van der Waals surface area contributed by atoms with Crippen LogP contribution in [0, 0.1) is 3.57 Å². The molecular formula is C38H53IN2O8. The predicted octanol–water partition coefficient (Wildman–Crippen LogP) is 6.03. The zero-order valence-electron chi connectivity index (χ0n) is 29.1. The number of methoxy groups -OCH3 is 2. The van der Waals surface area contributed by atoms with Crippen LogP contribution in [0.4, 0.5) is 0 Å². The standard InChI is InChI=1S/C38H53IN2O8/c1-4-5-6-7-8-9-10-11-12-16-35(44)41(19-17-27-14-13-15-30(21-27)47-2)32-24-29(38(46)40-18-20-42)25-33(36(32)45)49-37-31(39)22-28(26-43)23-34(37)48-3/h13-15,21-23,25-26,32-33,36,42,45H,4-12,16-20,24H2,1-3H3,(H,40,46)/t32-,33+,36+/m1/s1. The second kappa shape index (κ2) is 21.8. The average molecular weight is 793 g/mol. The van der Waals surface area contributed by atoms with Crippen LogP contribution in [0.2, 0.25) is 0 Å². The predicted molar refractivity (Wildman–Crippen MR) is 198 cm³/mol. The van der Waals surface area contributed by atoms with E-state index in [0.717, 1.165) is 31.2 Å². The fourth-order valence-electron chi connectivity index (χ4n) is 6.12. The second-order valence-corrected chi connectivity index (χ2v) is 13.6. The van der Waals surface area contributed by atoms with Crippen LogP contribution in [0.5, 0.6) is 17.2 Å². The van der Waals surface area contributed by atoms with E-state index in [0.29, 0.717) is 57.6 Å². The van der Waals surface area contributed by atoms with Gasteiger partial charge in [0.25, 0.3) is 0 Å². The van der Waals surface area contributed by atoms with E-state index in [9.17, 15) is 24.6 Å². The molecule has 10 nitrogen and oxygen atoms in total. The first-order valence-electron chi connectivity index (χ1n) is 17.5. The molecule has 1 aliphatic rings. The normalized spacial score (nSPS) is 17.2. The summed E-state index contributed by atoms with van der Waals surface area (Å²) in [5.41, 5.74) is 1.72. The van der Waals surface area contributed by atoms with Crippen LogP contribution in [0.3, 0.4) is 0 Å². The summed E-state index contributed by atoms with van der Waals surface area (Å²) < 4.78 is 17.9. The van der Waals surface area contributed by atoms with Crippen molar-refractivity contribution in [1.82, 2.24) is 10.2 Å². The van der Waals surface area contributed by atoms with Gasteiger partial charge in [-0.05, 0) is 71.3 Å². The van der Waals surface area contributed by atoms with E-state index in [1.54, 1.807) is 30.2 Å². The molecule has 3 atom stereocenters. The number of ether oxygens (including phenoxy) is 3. The molecule has 0 heterocycles. The van der Waals surface area contributed by atoms with Gasteiger partial charge >= 0.3 is 0 Å². The number of aliphatic hydroxyl groups is 2. The maximum absolute atomic E-state index is 14.0. The van der Waals surface area contributed by atoms with E-state index in [2.05, 4.69) is 12.2 Å². The van der Waals surface area contributed by atoms with Crippen LogP contribution in [-0.2, 0) is 16.0 Å². The van der Waals surface area contributed by atoms with Gasteiger partial charge in [0.1, 0.15) is 24.2 Å². The molecule has 0 aromatic heterocycles. The fourth-order valence-corrected chi connectivity index (χ4v) is 6.87. The highest BCUT2D eigenvalue weighted by Crippen LogP contribution is 2.37.